The first-order valence-corrected chi connectivity index (χ1v) is 29.0. The molecule has 0 radical (unpaired) electrons. The Labute approximate surface area is 410 Å². The van der Waals surface area contributed by atoms with Gasteiger partial charge in [-0.3, -0.25) is 14.4 Å². The molecule has 0 aromatic heterocycles. The summed E-state index contributed by atoms with van der Waals surface area (Å²) in [6.07, 6.45) is 65.6. The van der Waals surface area contributed by atoms with Crippen LogP contribution in [0.5, 0.6) is 0 Å². The summed E-state index contributed by atoms with van der Waals surface area (Å²) in [4.78, 5) is 38.1. The average molecular weight is 928 g/mol. The van der Waals surface area contributed by atoms with Crippen LogP contribution in [0.1, 0.15) is 310 Å². The maximum atomic E-state index is 12.8. The third-order valence-electron chi connectivity index (χ3n) is 12.8. The number of allylic oxidation sites excluding steroid dienone is 6. The Bertz CT molecular complexity index is 1110. The van der Waals surface area contributed by atoms with Gasteiger partial charge in [-0.05, 0) is 96.3 Å². The van der Waals surface area contributed by atoms with Crippen molar-refractivity contribution in [3.05, 3.63) is 36.5 Å². The first-order valence-electron chi connectivity index (χ1n) is 29.0. The molecule has 386 valence electrons. The fourth-order valence-corrected chi connectivity index (χ4v) is 8.43. The first kappa shape index (κ1) is 63.6. The Kier molecular flexibility index (Phi) is 53.2. The second-order valence-electron chi connectivity index (χ2n) is 19.5. The molecule has 6 heteroatoms. The molecule has 0 heterocycles. The molecule has 0 aromatic carbocycles. The molecule has 0 aliphatic carbocycles. The first-order chi connectivity index (χ1) is 32.5. The summed E-state index contributed by atoms with van der Waals surface area (Å²) in [7, 11) is 0. The fraction of sp³-hybridized carbons (Fsp3) is 0.850. The smallest absolute Gasteiger partial charge is 0.306 e. The highest BCUT2D eigenvalue weighted by atomic mass is 16.6. The van der Waals surface area contributed by atoms with Gasteiger partial charge in [0.05, 0.1) is 0 Å². The third kappa shape index (κ3) is 52.6. The second-order valence-corrected chi connectivity index (χ2v) is 19.5. The van der Waals surface area contributed by atoms with E-state index in [0.717, 1.165) is 64.2 Å². The van der Waals surface area contributed by atoms with Crippen LogP contribution in [0.25, 0.3) is 0 Å². The Balaban J connectivity index is 4.36. The molecule has 0 amide bonds. The van der Waals surface area contributed by atoms with Crippen LogP contribution in [0.2, 0.25) is 0 Å². The lowest BCUT2D eigenvalue weighted by Gasteiger charge is -2.18. The van der Waals surface area contributed by atoms with Gasteiger partial charge in [0.1, 0.15) is 13.2 Å². The molecule has 0 aliphatic heterocycles. The van der Waals surface area contributed by atoms with E-state index in [1.54, 1.807) is 0 Å². The fourth-order valence-electron chi connectivity index (χ4n) is 8.43. The zero-order valence-electron chi connectivity index (χ0n) is 44.2. The van der Waals surface area contributed by atoms with E-state index < -0.39 is 6.10 Å². The minimum atomic E-state index is -0.778. The van der Waals surface area contributed by atoms with Crippen molar-refractivity contribution in [3.63, 3.8) is 0 Å². The average Bonchev–Trinajstić information content (AvgIpc) is 3.31. The van der Waals surface area contributed by atoms with Crippen molar-refractivity contribution in [2.75, 3.05) is 13.2 Å². The number of unbranched alkanes of at least 4 members (excludes halogenated alkanes) is 36. The van der Waals surface area contributed by atoms with E-state index in [2.05, 4.69) is 57.2 Å². The zero-order valence-corrected chi connectivity index (χ0v) is 44.2. The van der Waals surface area contributed by atoms with Gasteiger partial charge in [-0.2, -0.15) is 0 Å². The number of hydrogen-bond donors (Lipinski definition) is 0. The van der Waals surface area contributed by atoms with E-state index in [-0.39, 0.29) is 31.1 Å². The predicted molar refractivity (Wildman–Crippen MR) is 284 cm³/mol. The lowest BCUT2D eigenvalue weighted by Crippen LogP contribution is -2.30. The topological polar surface area (TPSA) is 78.9 Å². The molecular formula is C60H110O6. The van der Waals surface area contributed by atoms with Crippen molar-refractivity contribution in [2.24, 2.45) is 0 Å². The third-order valence-corrected chi connectivity index (χ3v) is 12.8. The number of carbonyl (C=O) groups excluding carboxylic acids is 3. The van der Waals surface area contributed by atoms with Crippen LogP contribution in [0, 0.1) is 0 Å². The van der Waals surface area contributed by atoms with Gasteiger partial charge in [0, 0.05) is 19.3 Å². The van der Waals surface area contributed by atoms with Gasteiger partial charge in [0.2, 0.25) is 0 Å². The van der Waals surface area contributed by atoms with E-state index >= 15 is 0 Å². The molecule has 0 saturated carbocycles. The number of ether oxygens (including phenoxy) is 3. The highest BCUT2D eigenvalue weighted by Crippen LogP contribution is 2.16. The Morgan fingerprint density at radius 2 is 0.500 bits per heavy atom. The monoisotopic (exact) mass is 927 g/mol. The molecule has 1 atom stereocenters. The molecule has 0 aromatic rings. The van der Waals surface area contributed by atoms with Crippen molar-refractivity contribution in [1.29, 1.82) is 0 Å². The normalized spacial score (nSPS) is 12.2. The van der Waals surface area contributed by atoms with Crippen molar-refractivity contribution < 1.29 is 28.6 Å². The SMILES string of the molecule is CCCCCC/C=C\CCCCCCCCCC(=O)OCC(COC(=O)CCCCCCC/C=C\CCCCCCCCCCC)OC(=O)CCCCCCCCC/C=C\CCCCCC. The number of esters is 3. The quantitative estimate of drug-likeness (QED) is 0.0262. The van der Waals surface area contributed by atoms with Crippen molar-refractivity contribution in [2.45, 2.75) is 316 Å². The van der Waals surface area contributed by atoms with E-state index in [9.17, 15) is 14.4 Å². The standard InChI is InChI=1S/C60H110O6/c1-4-7-10-13-16-19-22-25-28-29-30-33-35-38-41-44-47-50-53-59(62)65-56-57(66-60(63)54-51-48-45-42-39-36-32-27-24-21-18-15-12-9-6-3)55-64-58(61)52-49-46-43-40-37-34-31-26-23-20-17-14-11-8-5-2/h20-21,23-24,30,33,57H,4-19,22,25-29,31-32,34-56H2,1-3H3/b23-20-,24-21-,33-30-. The number of rotatable bonds is 53. The van der Waals surface area contributed by atoms with E-state index in [4.69, 9.17) is 14.2 Å². The lowest BCUT2D eigenvalue weighted by atomic mass is 10.1. The van der Waals surface area contributed by atoms with Gasteiger partial charge in [-0.1, -0.05) is 231 Å². The van der Waals surface area contributed by atoms with Gasteiger partial charge in [0.25, 0.3) is 0 Å². The molecule has 0 fully saturated rings. The van der Waals surface area contributed by atoms with Crippen LogP contribution < -0.4 is 0 Å². The summed E-state index contributed by atoms with van der Waals surface area (Å²) in [5, 5.41) is 0. The maximum Gasteiger partial charge on any atom is 0.306 e. The van der Waals surface area contributed by atoms with Crippen LogP contribution >= 0.6 is 0 Å². The Hall–Kier alpha value is -2.37. The van der Waals surface area contributed by atoms with Crippen molar-refractivity contribution in [1.82, 2.24) is 0 Å². The minimum Gasteiger partial charge on any atom is -0.462 e. The molecule has 0 saturated heterocycles. The van der Waals surface area contributed by atoms with E-state index in [1.165, 1.54) is 205 Å². The van der Waals surface area contributed by atoms with Crippen molar-refractivity contribution in [3.8, 4) is 0 Å². The Morgan fingerprint density at radius 1 is 0.288 bits per heavy atom. The van der Waals surface area contributed by atoms with Crippen LogP contribution in [0.4, 0.5) is 0 Å². The summed E-state index contributed by atoms with van der Waals surface area (Å²) >= 11 is 0. The zero-order chi connectivity index (χ0) is 47.9. The van der Waals surface area contributed by atoms with Crippen LogP contribution in [0.3, 0.4) is 0 Å². The molecule has 6 nitrogen and oxygen atoms in total. The molecule has 0 aliphatic rings. The second kappa shape index (κ2) is 55.2. The molecule has 0 rings (SSSR count). The minimum absolute atomic E-state index is 0.0767. The van der Waals surface area contributed by atoms with Gasteiger partial charge < -0.3 is 14.2 Å². The molecular weight excluding hydrogens is 817 g/mol. The maximum absolute atomic E-state index is 12.8. The van der Waals surface area contributed by atoms with E-state index in [1.807, 2.05) is 0 Å². The summed E-state index contributed by atoms with van der Waals surface area (Å²) in [6, 6.07) is 0. The van der Waals surface area contributed by atoms with Gasteiger partial charge >= 0.3 is 17.9 Å². The summed E-state index contributed by atoms with van der Waals surface area (Å²) in [6.45, 7) is 6.64. The molecule has 66 heavy (non-hydrogen) atoms. The highest BCUT2D eigenvalue weighted by molar-refractivity contribution is 5.71. The largest absolute Gasteiger partial charge is 0.462 e. The molecule has 0 bridgehead atoms. The Morgan fingerprint density at radius 3 is 0.773 bits per heavy atom. The van der Waals surface area contributed by atoms with Gasteiger partial charge in [-0.25, -0.2) is 0 Å². The lowest BCUT2D eigenvalue weighted by molar-refractivity contribution is -0.167. The van der Waals surface area contributed by atoms with Crippen LogP contribution in [0.15, 0.2) is 36.5 Å². The molecule has 1 unspecified atom stereocenters. The number of carbonyl (C=O) groups is 3. The highest BCUT2D eigenvalue weighted by Gasteiger charge is 2.19. The summed E-state index contributed by atoms with van der Waals surface area (Å²) < 4.78 is 16.9. The van der Waals surface area contributed by atoms with Crippen LogP contribution in [-0.4, -0.2) is 37.2 Å². The molecule has 0 spiro atoms. The van der Waals surface area contributed by atoms with Crippen molar-refractivity contribution >= 4 is 17.9 Å². The number of hydrogen-bond acceptors (Lipinski definition) is 6. The van der Waals surface area contributed by atoms with Gasteiger partial charge in [0.15, 0.2) is 6.10 Å². The van der Waals surface area contributed by atoms with Crippen LogP contribution in [-0.2, 0) is 28.6 Å². The summed E-state index contributed by atoms with van der Waals surface area (Å²) in [5.41, 5.74) is 0. The van der Waals surface area contributed by atoms with Gasteiger partial charge in [-0.15, -0.1) is 0 Å². The van der Waals surface area contributed by atoms with E-state index in [0.29, 0.717) is 19.3 Å². The predicted octanol–water partition coefficient (Wildman–Crippen LogP) is 19.3. The summed E-state index contributed by atoms with van der Waals surface area (Å²) in [5.74, 6) is -0.878. The molecule has 0 N–H and O–H groups in total.